The second-order valence-corrected chi connectivity index (χ2v) is 7.09. The lowest BCUT2D eigenvalue weighted by Gasteiger charge is -2.02. The zero-order valence-corrected chi connectivity index (χ0v) is 16.0. The summed E-state index contributed by atoms with van der Waals surface area (Å²) in [5.41, 5.74) is 0. The monoisotopic (exact) mass is 350 g/mol. The second kappa shape index (κ2) is 16.2. The molecule has 0 saturated heterocycles. The molecule has 0 bridgehead atoms. The number of carboxylic acids is 1. The minimum Gasteiger partial charge on any atom is -0.481 e. The van der Waals surface area contributed by atoms with Crippen molar-refractivity contribution >= 4 is 11.8 Å². The van der Waals surface area contributed by atoms with Crippen LogP contribution >= 0.6 is 0 Å². The quantitative estimate of drug-likeness (QED) is 0.270. The number of rotatable bonds is 17. The van der Waals surface area contributed by atoms with Gasteiger partial charge in [0.2, 0.25) is 0 Å². The summed E-state index contributed by atoms with van der Waals surface area (Å²) < 4.78 is 0. The minimum atomic E-state index is -0.667. The van der Waals surface area contributed by atoms with Crippen LogP contribution in [0.2, 0.25) is 0 Å². The van der Waals surface area contributed by atoms with Gasteiger partial charge in [0.05, 0.1) is 12.4 Å². The topological polar surface area (TPSA) is 61.7 Å². The minimum absolute atomic E-state index is 0.326. The lowest BCUT2D eigenvalue weighted by Crippen LogP contribution is -2.17. The molecule has 0 aliphatic carbocycles. The summed E-state index contributed by atoms with van der Waals surface area (Å²) in [5, 5.41) is 11.9. The van der Waals surface area contributed by atoms with Crippen molar-refractivity contribution in [2.24, 2.45) is 4.99 Å². The maximum absolute atomic E-state index is 10.4. The number of hydrogen-bond acceptors (Lipinski definition) is 3. The van der Waals surface area contributed by atoms with Gasteiger partial charge in [0, 0.05) is 19.4 Å². The van der Waals surface area contributed by atoms with Crippen molar-refractivity contribution < 1.29 is 9.90 Å². The fourth-order valence-corrected chi connectivity index (χ4v) is 3.18. The van der Waals surface area contributed by atoms with Crippen molar-refractivity contribution in [1.82, 2.24) is 5.32 Å². The highest BCUT2D eigenvalue weighted by Crippen LogP contribution is 2.11. The average Bonchev–Trinajstić information content (AvgIpc) is 3.11. The Kier molecular flexibility index (Phi) is 14.0. The molecule has 0 saturated carbocycles. The van der Waals surface area contributed by atoms with Gasteiger partial charge >= 0.3 is 5.97 Å². The summed E-state index contributed by atoms with van der Waals surface area (Å²) in [6.45, 7) is 2.01. The zero-order chi connectivity index (χ0) is 18.0. The number of nitrogens with one attached hydrogen (secondary N) is 1. The van der Waals surface area contributed by atoms with E-state index in [-0.39, 0.29) is 0 Å². The van der Waals surface area contributed by atoms with Crippen LogP contribution in [0.1, 0.15) is 96.3 Å². The van der Waals surface area contributed by atoms with Gasteiger partial charge in [-0.05, 0) is 38.5 Å². The molecule has 0 spiro atoms. The van der Waals surface area contributed by atoms with Gasteiger partial charge in [-0.1, -0.05) is 57.1 Å². The van der Waals surface area contributed by atoms with Crippen molar-refractivity contribution in [1.29, 1.82) is 0 Å². The summed E-state index contributed by atoms with van der Waals surface area (Å²) in [6.07, 6.45) is 22.1. The largest absolute Gasteiger partial charge is 0.481 e. The zero-order valence-electron chi connectivity index (χ0n) is 16.0. The first-order valence-electron chi connectivity index (χ1n) is 10.4. The standard InChI is InChI=1S/C21H38N2O2/c24-21(25)17-15-13-11-9-7-5-3-1-2-4-6-8-10-12-14-16-20-22-18-19-23-20/h1,3H,2,4-19H2,(H,22,23)(H,24,25). The van der Waals surface area contributed by atoms with E-state index in [1.54, 1.807) is 0 Å². The van der Waals surface area contributed by atoms with Gasteiger partial charge in [0.15, 0.2) is 0 Å². The first-order valence-corrected chi connectivity index (χ1v) is 10.4. The number of aliphatic carboxylic acids is 1. The molecular formula is C21H38N2O2. The maximum atomic E-state index is 10.4. The maximum Gasteiger partial charge on any atom is 0.303 e. The molecule has 0 amide bonds. The molecule has 2 N–H and O–H groups in total. The molecule has 1 aliphatic rings. The van der Waals surface area contributed by atoms with Crippen LogP contribution in [0.25, 0.3) is 0 Å². The highest BCUT2D eigenvalue weighted by atomic mass is 16.4. The number of carbonyl (C=O) groups is 1. The Morgan fingerprint density at radius 1 is 0.880 bits per heavy atom. The van der Waals surface area contributed by atoms with Gasteiger partial charge in [-0.15, -0.1) is 0 Å². The predicted molar refractivity (Wildman–Crippen MR) is 106 cm³/mol. The number of nitrogens with zero attached hydrogens (tertiary/aromatic N) is 1. The van der Waals surface area contributed by atoms with Crippen molar-refractivity contribution in [3.8, 4) is 0 Å². The van der Waals surface area contributed by atoms with Gasteiger partial charge in [-0.3, -0.25) is 9.79 Å². The number of allylic oxidation sites excluding steroid dienone is 2. The van der Waals surface area contributed by atoms with Gasteiger partial charge < -0.3 is 10.4 Å². The van der Waals surface area contributed by atoms with E-state index in [4.69, 9.17) is 5.11 Å². The molecule has 1 rings (SSSR count). The van der Waals surface area contributed by atoms with Crippen molar-refractivity contribution in [2.75, 3.05) is 13.1 Å². The van der Waals surface area contributed by atoms with Crippen LogP contribution < -0.4 is 5.32 Å². The highest BCUT2D eigenvalue weighted by Gasteiger charge is 2.03. The molecule has 0 aromatic carbocycles. The molecule has 0 unspecified atom stereocenters. The molecule has 0 atom stereocenters. The van der Waals surface area contributed by atoms with Crippen molar-refractivity contribution in [3.05, 3.63) is 12.2 Å². The molecule has 0 radical (unpaired) electrons. The van der Waals surface area contributed by atoms with E-state index in [1.165, 1.54) is 76.5 Å². The molecule has 0 fully saturated rings. The molecule has 0 aromatic heterocycles. The summed E-state index contributed by atoms with van der Waals surface area (Å²) in [4.78, 5) is 14.8. The van der Waals surface area contributed by atoms with Crippen LogP contribution in [0, 0.1) is 0 Å². The van der Waals surface area contributed by atoms with Crippen LogP contribution in [-0.4, -0.2) is 30.0 Å². The smallest absolute Gasteiger partial charge is 0.303 e. The first kappa shape index (κ1) is 21.7. The number of aliphatic imine (C=N–C) groups is 1. The molecular weight excluding hydrogens is 312 g/mol. The predicted octanol–water partition coefficient (Wildman–Crippen LogP) is 5.48. The number of amidine groups is 1. The third-order valence-electron chi connectivity index (χ3n) is 4.71. The van der Waals surface area contributed by atoms with Crippen LogP contribution in [0.15, 0.2) is 17.1 Å². The Hall–Kier alpha value is -1.32. The van der Waals surface area contributed by atoms with Crippen molar-refractivity contribution in [2.45, 2.75) is 96.3 Å². The molecule has 4 nitrogen and oxygen atoms in total. The summed E-state index contributed by atoms with van der Waals surface area (Å²) >= 11 is 0. The molecule has 0 aromatic rings. The Balaban J connectivity index is 1.71. The molecule has 144 valence electrons. The third-order valence-corrected chi connectivity index (χ3v) is 4.71. The number of hydrogen-bond donors (Lipinski definition) is 2. The van der Waals surface area contributed by atoms with E-state index < -0.39 is 5.97 Å². The molecule has 4 heteroatoms. The van der Waals surface area contributed by atoms with Gasteiger partial charge in [-0.2, -0.15) is 0 Å². The van der Waals surface area contributed by atoms with E-state index in [0.29, 0.717) is 6.42 Å². The molecule has 25 heavy (non-hydrogen) atoms. The summed E-state index contributed by atoms with van der Waals surface area (Å²) in [6, 6.07) is 0. The van der Waals surface area contributed by atoms with E-state index >= 15 is 0 Å². The first-order chi connectivity index (χ1) is 12.3. The van der Waals surface area contributed by atoms with Crippen LogP contribution in [0.3, 0.4) is 0 Å². The van der Waals surface area contributed by atoms with E-state index in [2.05, 4.69) is 22.5 Å². The van der Waals surface area contributed by atoms with Crippen LogP contribution in [0.5, 0.6) is 0 Å². The fraction of sp³-hybridized carbons (Fsp3) is 0.810. The Labute approximate surface area is 154 Å². The normalized spacial score (nSPS) is 14.0. The summed E-state index contributed by atoms with van der Waals surface area (Å²) in [5.74, 6) is 0.560. The highest BCUT2D eigenvalue weighted by molar-refractivity contribution is 5.83. The average molecular weight is 351 g/mol. The lowest BCUT2D eigenvalue weighted by molar-refractivity contribution is -0.137. The Morgan fingerprint density at radius 2 is 1.44 bits per heavy atom. The SMILES string of the molecule is O=C(O)CCCCCCCC=CCCCCCCCCC1=NCCN1. The number of unbranched alkanes of at least 4 members (excludes halogenated alkanes) is 11. The second-order valence-electron chi connectivity index (χ2n) is 7.09. The Morgan fingerprint density at radius 3 is 2.00 bits per heavy atom. The molecule has 1 heterocycles. The van der Waals surface area contributed by atoms with Gasteiger partial charge in [0.1, 0.15) is 0 Å². The lowest BCUT2D eigenvalue weighted by atomic mass is 10.1. The fourth-order valence-electron chi connectivity index (χ4n) is 3.18. The van der Waals surface area contributed by atoms with E-state index in [1.807, 2.05) is 0 Å². The van der Waals surface area contributed by atoms with Crippen LogP contribution in [0.4, 0.5) is 0 Å². The van der Waals surface area contributed by atoms with Gasteiger partial charge in [0.25, 0.3) is 0 Å². The van der Waals surface area contributed by atoms with Crippen molar-refractivity contribution in [3.63, 3.8) is 0 Å². The van der Waals surface area contributed by atoms with Crippen LogP contribution in [-0.2, 0) is 4.79 Å². The summed E-state index contributed by atoms with van der Waals surface area (Å²) in [7, 11) is 0. The Bertz CT molecular complexity index is 391. The third kappa shape index (κ3) is 14.7. The van der Waals surface area contributed by atoms with Gasteiger partial charge in [-0.25, -0.2) is 0 Å². The number of carboxylic acid groups (broad SMARTS) is 1. The van der Waals surface area contributed by atoms with E-state index in [0.717, 1.165) is 32.4 Å². The van der Waals surface area contributed by atoms with E-state index in [9.17, 15) is 4.79 Å². The molecule has 1 aliphatic heterocycles.